The Balaban J connectivity index is 1.26. The Morgan fingerprint density at radius 1 is 1.05 bits per heavy atom. The van der Waals surface area contributed by atoms with E-state index < -0.39 is 0 Å². The predicted octanol–water partition coefficient (Wildman–Crippen LogP) is 2.16. The van der Waals surface area contributed by atoms with Crippen molar-refractivity contribution < 1.29 is 4.79 Å². The van der Waals surface area contributed by atoms with Gasteiger partial charge in [0.1, 0.15) is 0 Å². The number of para-hydroxylation sites is 1. The highest BCUT2D eigenvalue weighted by Crippen LogP contribution is 2.33. The van der Waals surface area contributed by atoms with Crippen LogP contribution in [0.3, 0.4) is 0 Å². The molecule has 2 unspecified atom stereocenters. The van der Waals surface area contributed by atoms with Crippen molar-refractivity contribution >= 4 is 5.91 Å². The van der Waals surface area contributed by atoms with E-state index in [9.17, 15) is 4.79 Å². The van der Waals surface area contributed by atoms with E-state index in [1.165, 1.54) is 11.1 Å². The van der Waals surface area contributed by atoms with Crippen LogP contribution in [0.2, 0.25) is 0 Å². The highest BCUT2D eigenvalue weighted by molar-refractivity contribution is 5.78. The molecule has 3 aromatic rings. The lowest BCUT2D eigenvalue weighted by molar-refractivity contribution is -0.143. The van der Waals surface area contributed by atoms with E-state index in [4.69, 9.17) is 5.10 Å². The van der Waals surface area contributed by atoms with Gasteiger partial charge in [0.2, 0.25) is 5.91 Å². The average Bonchev–Trinajstić information content (AvgIpc) is 3.30. The highest BCUT2D eigenvalue weighted by Gasteiger charge is 2.43. The van der Waals surface area contributed by atoms with Gasteiger partial charge in [-0.15, -0.1) is 0 Å². The molecule has 37 heavy (non-hydrogen) atoms. The van der Waals surface area contributed by atoms with Crippen LogP contribution < -0.4 is 16.0 Å². The molecule has 0 aliphatic carbocycles. The van der Waals surface area contributed by atoms with Crippen LogP contribution in [-0.2, 0) is 16.9 Å². The first kappa shape index (κ1) is 25.6. The molecule has 2 aromatic carbocycles. The zero-order valence-corrected chi connectivity index (χ0v) is 22.2. The van der Waals surface area contributed by atoms with Gasteiger partial charge in [0.25, 0.3) is 0 Å². The molecule has 2 saturated heterocycles. The van der Waals surface area contributed by atoms with Crippen molar-refractivity contribution in [3.63, 3.8) is 0 Å². The first-order valence-electron chi connectivity index (χ1n) is 13.3. The molecule has 3 N–H and O–H groups in total. The van der Waals surface area contributed by atoms with Crippen LogP contribution in [0.25, 0.3) is 5.69 Å². The number of aryl methyl sites for hydroxylation is 2. The van der Waals surface area contributed by atoms with Crippen LogP contribution in [0.1, 0.15) is 29.4 Å². The quantitative estimate of drug-likeness (QED) is 0.461. The number of benzene rings is 2. The molecular weight excluding hydrogens is 462 g/mol. The Bertz CT molecular complexity index is 1190. The fraction of sp³-hybridized carbons (Fsp3) is 0.448. The van der Waals surface area contributed by atoms with Crippen LogP contribution in [0, 0.1) is 13.8 Å². The molecular formula is C29H39N7O. The predicted molar refractivity (Wildman–Crippen MR) is 146 cm³/mol. The fourth-order valence-electron chi connectivity index (χ4n) is 5.65. The summed E-state index contributed by atoms with van der Waals surface area (Å²) < 4.78 is 1.95. The SMILES string of the molecule is Cc1ccc(C2(C)CNCCN2C2CNCCN2C(=O)CNCc2cc(C)n(-c3ccccc3)n2)cc1. The van der Waals surface area contributed by atoms with Gasteiger partial charge in [-0.05, 0) is 44.5 Å². The maximum absolute atomic E-state index is 13.5. The van der Waals surface area contributed by atoms with Gasteiger partial charge in [0, 0.05) is 51.5 Å². The van der Waals surface area contributed by atoms with Crippen molar-refractivity contribution in [3.05, 3.63) is 83.2 Å². The van der Waals surface area contributed by atoms with Crippen molar-refractivity contribution in [2.24, 2.45) is 0 Å². The summed E-state index contributed by atoms with van der Waals surface area (Å²) in [6.45, 7) is 12.3. The van der Waals surface area contributed by atoms with Gasteiger partial charge < -0.3 is 20.9 Å². The van der Waals surface area contributed by atoms with Gasteiger partial charge in [0.05, 0.1) is 29.6 Å². The van der Waals surface area contributed by atoms with Crippen molar-refractivity contribution in [2.45, 2.75) is 39.0 Å². The minimum Gasteiger partial charge on any atom is -0.323 e. The second kappa shape index (κ2) is 11.1. The summed E-state index contributed by atoms with van der Waals surface area (Å²) in [7, 11) is 0. The minimum atomic E-state index is -0.191. The molecule has 0 radical (unpaired) electrons. The first-order valence-corrected chi connectivity index (χ1v) is 13.3. The summed E-state index contributed by atoms with van der Waals surface area (Å²) in [6, 6.07) is 21.0. The Labute approximate surface area is 220 Å². The number of carbonyl (C=O) groups excluding carboxylic acids is 1. The molecule has 1 amide bonds. The zero-order valence-electron chi connectivity index (χ0n) is 22.2. The number of nitrogens with one attached hydrogen (secondary N) is 3. The third-order valence-corrected chi connectivity index (χ3v) is 7.72. The minimum absolute atomic E-state index is 0.0102. The van der Waals surface area contributed by atoms with Crippen molar-refractivity contribution in [1.29, 1.82) is 0 Å². The number of carbonyl (C=O) groups is 1. The van der Waals surface area contributed by atoms with Crippen LogP contribution in [0.5, 0.6) is 0 Å². The van der Waals surface area contributed by atoms with Crippen molar-refractivity contribution in [2.75, 3.05) is 45.8 Å². The van der Waals surface area contributed by atoms with Crippen molar-refractivity contribution in [3.8, 4) is 5.69 Å². The summed E-state index contributed by atoms with van der Waals surface area (Å²) in [5.74, 6) is 0.135. The number of rotatable bonds is 7. The Morgan fingerprint density at radius 3 is 2.59 bits per heavy atom. The topological polar surface area (TPSA) is 77.5 Å². The van der Waals surface area contributed by atoms with Crippen LogP contribution in [0.15, 0.2) is 60.7 Å². The number of hydrogen-bond acceptors (Lipinski definition) is 6. The van der Waals surface area contributed by atoms with E-state index in [-0.39, 0.29) is 17.6 Å². The Morgan fingerprint density at radius 2 is 1.81 bits per heavy atom. The van der Waals surface area contributed by atoms with Crippen LogP contribution >= 0.6 is 0 Å². The molecule has 8 nitrogen and oxygen atoms in total. The molecule has 196 valence electrons. The summed E-state index contributed by atoms with van der Waals surface area (Å²) in [5, 5.41) is 15.2. The molecule has 2 aliphatic heterocycles. The zero-order chi connectivity index (χ0) is 25.8. The van der Waals surface area contributed by atoms with Gasteiger partial charge >= 0.3 is 0 Å². The van der Waals surface area contributed by atoms with E-state index in [1.807, 2.05) is 35.0 Å². The third-order valence-electron chi connectivity index (χ3n) is 7.72. The van der Waals surface area contributed by atoms with Gasteiger partial charge in [-0.1, -0.05) is 48.0 Å². The molecule has 5 rings (SSSR count). The maximum Gasteiger partial charge on any atom is 0.237 e. The average molecular weight is 502 g/mol. The summed E-state index contributed by atoms with van der Waals surface area (Å²) >= 11 is 0. The van der Waals surface area contributed by atoms with E-state index in [2.05, 4.69) is 76.9 Å². The van der Waals surface area contributed by atoms with E-state index in [0.29, 0.717) is 19.6 Å². The molecule has 1 aromatic heterocycles. The van der Waals surface area contributed by atoms with E-state index in [1.54, 1.807) is 0 Å². The summed E-state index contributed by atoms with van der Waals surface area (Å²) in [5.41, 5.74) is 5.40. The normalized spacial score (nSPS) is 22.8. The Kier molecular flexibility index (Phi) is 7.71. The molecule has 2 atom stereocenters. The monoisotopic (exact) mass is 501 g/mol. The lowest BCUT2D eigenvalue weighted by Crippen LogP contribution is -2.69. The number of amides is 1. The van der Waals surface area contributed by atoms with Crippen molar-refractivity contribution in [1.82, 2.24) is 35.5 Å². The smallest absolute Gasteiger partial charge is 0.237 e. The maximum atomic E-state index is 13.5. The lowest BCUT2D eigenvalue weighted by atomic mass is 9.87. The molecule has 8 heteroatoms. The molecule has 0 bridgehead atoms. The number of piperazine rings is 2. The molecule has 3 heterocycles. The molecule has 2 aliphatic rings. The van der Waals surface area contributed by atoms with E-state index >= 15 is 0 Å². The highest BCUT2D eigenvalue weighted by atomic mass is 16.2. The summed E-state index contributed by atoms with van der Waals surface area (Å²) in [4.78, 5) is 18.1. The number of hydrogen-bond donors (Lipinski definition) is 3. The molecule has 0 saturated carbocycles. The second-order valence-electron chi connectivity index (χ2n) is 10.4. The van der Waals surface area contributed by atoms with Gasteiger partial charge in [-0.2, -0.15) is 5.10 Å². The lowest BCUT2D eigenvalue weighted by Gasteiger charge is -2.53. The third kappa shape index (κ3) is 5.48. The van der Waals surface area contributed by atoms with Gasteiger partial charge in [-0.3, -0.25) is 9.69 Å². The van der Waals surface area contributed by atoms with Gasteiger partial charge in [-0.25, -0.2) is 4.68 Å². The first-order chi connectivity index (χ1) is 18.0. The number of aromatic nitrogens is 2. The Hall–Kier alpha value is -3.04. The summed E-state index contributed by atoms with van der Waals surface area (Å²) in [6.07, 6.45) is 0.0102. The molecule has 2 fully saturated rings. The largest absolute Gasteiger partial charge is 0.323 e. The van der Waals surface area contributed by atoms with Crippen LogP contribution in [-0.4, -0.2) is 77.5 Å². The van der Waals surface area contributed by atoms with E-state index in [0.717, 1.165) is 49.8 Å². The molecule has 0 spiro atoms. The van der Waals surface area contributed by atoms with Gasteiger partial charge in [0.15, 0.2) is 0 Å². The fourth-order valence-corrected chi connectivity index (χ4v) is 5.65. The van der Waals surface area contributed by atoms with Crippen LogP contribution in [0.4, 0.5) is 0 Å². The standard InChI is InChI=1S/C29H39N7O/c1-22-9-11-24(12-10-22)29(3)21-31-14-16-35(29)27-19-30-13-15-34(27)28(37)20-32-18-25-17-23(2)36(33-25)26-7-5-4-6-8-26/h4-12,17,27,30-32H,13-16,18-21H2,1-3H3. The number of nitrogens with zero attached hydrogens (tertiary/aromatic N) is 4. The second-order valence-corrected chi connectivity index (χ2v) is 10.4.